The van der Waals surface area contributed by atoms with Gasteiger partial charge in [0, 0.05) is 22.9 Å². The van der Waals surface area contributed by atoms with Gasteiger partial charge < -0.3 is 5.32 Å². The third-order valence-electron chi connectivity index (χ3n) is 2.35. The van der Waals surface area contributed by atoms with E-state index < -0.39 is 9.84 Å². The average Bonchev–Trinajstić information content (AvgIpc) is 2.67. The SMILES string of the molecule is CCNC(CCCS(C)(=O)=O)c1cccs1. The van der Waals surface area contributed by atoms with E-state index in [2.05, 4.69) is 23.7 Å². The lowest BCUT2D eigenvalue weighted by atomic mass is 10.1. The maximum atomic E-state index is 11.0. The van der Waals surface area contributed by atoms with E-state index in [4.69, 9.17) is 0 Å². The lowest BCUT2D eigenvalue weighted by molar-refractivity contribution is 0.514. The molecule has 0 saturated heterocycles. The first-order valence-corrected chi connectivity index (χ1v) is 8.41. The van der Waals surface area contributed by atoms with Crippen LogP contribution in [-0.2, 0) is 9.84 Å². The van der Waals surface area contributed by atoms with E-state index >= 15 is 0 Å². The Morgan fingerprint density at radius 3 is 2.75 bits per heavy atom. The molecule has 0 aliphatic carbocycles. The molecule has 1 rings (SSSR count). The lowest BCUT2D eigenvalue weighted by Crippen LogP contribution is -2.20. The molecular weight excluding hydrogens is 242 g/mol. The highest BCUT2D eigenvalue weighted by Crippen LogP contribution is 2.23. The minimum Gasteiger partial charge on any atom is -0.310 e. The van der Waals surface area contributed by atoms with Crippen molar-refractivity contribution < 1.29 is 8.42 Å². The molecule has 0 aromatic carbocycles. The summed E-state index contributed by atoms with van der Waals surface area (Å²) >= 11 is 1.72. The molecule has 0 saturated carbocycles. The molecule has 0 bridgehead atoms. The third kappa shape index (κ3) is 5.09. The standard InChI is InChI=1S/C11H19NO2S2/c1-3-12-10(11-7-4-8-15-11)6-5-9-16(2,13)14/h4,7-8,10,12H,3,5-6,9H2,1-2H3. The first kappa shape index (κ1) is 13.7. The van der Waals surface area contributed by atoms with Crippen LogP contribution >= 0.6 is 11.3 Å². The van der Waals surface area contributed by atoms with Gasteiger partial charge in [-0.25, -0.2) is 8.42 Å². The van der Waals surface area contributed by atoms with E-state index in [1.54, 1.807) is 11.3 Å². The highest BCUT2D eigenvalue weighted by atomic mass is 32.2. The second-order valence-corrected chi connectivity index (χ2v) is 7.14. The first-order valence-electron chi connectivity index (χ1n) is 5.47. The van der Waals surface area contributed by atoms with Crippen LogP contribution in [0.15, 0.2) is 17.5 Å². The zero-order valence-electron chi connectivity index (χ0n) is 9.77. The first-order chi connectivity index (χ1) is 7.53. The van der Waals surface area contributed by atoms with Gasteiger partial charge in [0.05, 0.1) is 0 Å². The van der Waals surface area contributed by atoms with Crippen molar-refractivity contribution in [2.75, 3.05) is 18.6 Å². The minimum atomic E-state index is -2.83. The summed E-state index contributed by atoms with van der Waals surface area (Å²) in [7, 11) is -2.83. The molecule has 1 N–H and O–H groups in total. The van der Waals surface area contributed by atoms with E-state index in [-0.39, 0.29) is 5.75 Å². The molecule has 1 atom stereocenters. The monoisotopic (exact) mass is 261 g/mol. The maximum Gasteiger partial charge on any atom is 0.147 e. The van der Waals surface area contributed by atoms with Gasteiger partial charge in [0.1, 0.15) is 9.84 Å². The second kappa shape index (κ2) is 6.37. The Balaban J connectivity index is 2.47. The average molecular weight is 261 g/mol. The molecular formula is C11H19NO2S2. The molecule has 0 aliphatic rings. The fraction of sp³-hybridized carbons (Fsp3) is 0.636. The molecule has 0 radical (unpaired) electrons. The van der Waals surface area contributed by atoms with Crippen molar-refractivity contribution in [2.24, 2.45) is 0 Å². The Morgan fingerprint density at radius 1 is 1.50 bits per heavy atom. The molecule has 5 heteroatoms. The molecule has 1 aromatic heterocycles. The van der Waals surface area contributed by atoms with Crippen LogP contribution in [0, 0.1) is 0 Å². The van der Waals surface area contributed by atoms with Gasteiger partial charge in [-0.3, -0.25) is 0 Å². The van der Waals surface area contributed by atoms with Gasteiger partial charge in [-0.05, 0) is 30.8 Å². The van der Waals surface area contributed by atoms with Crippen molar-refractivity contribution in [3.8, 4) is 0 Å². The van der Waals surface area contributed by atoms with Crippen LogP contribution in [0.3, 0.4) is 0 Å². The summed E-state index contributed by atoms with van der Waals surface area (Å²) in [5.41, 5.74) is 0. The summed E-state index contributed by atoms with van der Waals surface area (Å²) in [5.74, 6) is 0.278. The number of nitrogens with one attached hydrogen (secondary N) is 1. The van der Waals surface area contributed by atoms with Crippen molar-refractivity contribution in [1.29, 1.82) is 0 Å². The molecule has 92 valence electrons. The minimum absolute atomic E-state index is 0.278. The van der Waals surface area contributed by atoms with Gasteiger partial charge in [0.25, 0.3) is 0 Å². The third-order valence-corrected chi connectivity index (χ3v) is 4.36. The van der Waals surface area contributed by atoms with E-state index in [9.17, 15) is 8.42 Å². The van der Waals surface area contributed by atoms with Crippen LogP contribution in [0.25, 0.3) is 0 Å². The normalized spacial score (nSPS) is 13.9. The van der Waals surface area contributed by atoms with Gasteiger partial charge >= 0.3 is 0 Å². The van der Waals surface area contributed by atoms with E-state index in [1.165, 1.54) is 11.1 Å². The van der Waals surface area contributed by atoms with E-state index in [0.29, 0.717) is 12.5 Å². The van der Waals surface area contributed by atoms with Crippen molar-refractivity contribution in [3.63, 3.8) is 0 Å². The van der Waals surface area contributed by atoms with Gasteiger partial charge in [0.15, 0.2) is 0 Å². The summed E-state index contributed by atoms with van der Waals surface area (Å²) in [6.07, 6.45) is 2.89. The molecule has 3 nitrogen and oxygen atoms in total. The molecule has 0 spiro atoms. The van der Waals surface area contributed by atoms with Crippen molar-refractivity contribution in [1.82, 2.24) is 5.32 Å². The summed E-state index contributed by atoms with van der Waals surface area (Å²) in [6.45, 7) is 2.97. The second-order valence-electron chi connectivity index (χ2n) is 3.90. The highest BCUT2D eigenvalue weighted by molar-refractivity contribution is 7.90. The molecule has 1 aromatic rings. The smallest absolute Gasteiger partial charge is 0.147 e. The zero-order chi connectivity index (χ0) is 12.0. The molecule has 0 amide bonds. The van der Waals surface area contributed by atoms with Gasteiger partial charge in [0.2, 0.25) is 0 Å². The van der Waals surface area contributed by atoms with Gasteiger partial charge in [-0.1, -0.05) is 13.0 Å². The predicted octanol–water partition coefficient (Wildman–Crippen LogP) is 2.22. The fourth-order valence-corrected chi connectivity index (χ4v) is 3.16. The zero-order valence-corrected chi connectivity index (χ0v) is 11.4. The summed E-state index contributed by atoms with van der Waals surface area (Å²) in [6, 6.07) is 4.42. The van der Waals surface area contributed by atoms with E-state index in [0.717, 1.165) is 13.0 Å². The Kier molecular flexibility index (Phi) is 5.44. The number of sulfone groups is 1. The van der Waals surface area contributed by atoms with Crippen molar-refractivity contribution in [2.45, 2.75) is 25.8 Å². The summed E-state index contributed by atoms with van der Waals surface area (Å²) in [4.78, 5) is 1.29. The van der Waals surface area contributed by atoms with Crippen LogP contribution < -0.4 is 5.32 Å². The van der Waals surface area contributed by atoms with Gasteiger partial charge in [-0.15, -0.1) is 11.3 Å². The highest BCUT2D eigenvalue weighted by Gasteiger charge is 2.12. The number of thiophene rings is 1. The quantitative estimate of drug-likeness (QED) is 0.818. The molecule has 1 unspecified atom stereocenters. The predicted molar refractivity (Wildman–Crippen MR) is 69.7 cm³/mol. The van der Waals surface area contributed by atoms with Crippen LogP contribution in [0.4, 0.5) is 0 Å². The molecule has 0 aliphatic heterocycles. The Labute approximate surface area is 102 Å². The Hall–Kier alpha value is -0.390. The number of rotatable bonds is 7. The fourth-order valence-electron chi connectivity index (χ4n) is 1.63. The molecule has 0 fully saturated rings. The van der Waals surface area contributed by atoms with Crippen molar-refractivity contribution >= 4 is 21.2 Å². The van der Waals surface area contributed by atoms with Crippen molar-refractivity contribution in [3.05, 3.63) is 22.4 Å². The Morgan fingerprint density at radius 2 is 2.25 bits per heavy atom. The molecule has 16 heavy (non-hydrogen) atoms. The largest absolute Gasteiger partial charge is 0.310 e. The van der Waals surface area contributed by atoms with Crippen LogP contribution in [0.5, 0.6) is 0 Å². The van der Waals surface area contributed by atoms with Crippen LogP contribution in [0.2, 0.25) is 0 Å². The van der Waals surface area contributed by atoms with Gasteiger partial charge in [-0.2, -0.15) is 0 Å². The summed E-state index contributed by atoms with van der Waals surface area (Å²) in [5, 5.41) is 5.44. The van der Waals surface area contributed by atoms with Crippen LogP contribution in [-0.4, -0.2) is 27.0 Å². The number of hydrogen-bond acceptors (Lipinski definition) is 4. The lowest BCUT2D eigenvalue weighted by Gasteiger charge is -2.15. The Bertz CT molecular complexity index is 384. The maximum absolute atomic E-state index is 11.0. The van der Waals surface area contributed by atoms with Crippen LogP contribution in [0.1, 0.15) is 30.7 Å². The topological polar surface area (TPSA) is 46.2 Å². The number of hydrogen-bond donors (Lipinski definition) is 1. The summed E-state index contributed by atoms with van der Waals surface area (Å²) < 4.78 is 22.1. The van der Waals surface area contributed by atoms with E-state index in [1.807, 2.05) is 6.07 Å². The molecule has 1 heterocycles.